The molecule has 0 rings (SSSR count). The van der Waals surface area contributed by atoms with Gasteiger partial charge in [0.1, 0.15) is 13.2 Å². The number of hydrogen-bond acceptors (Lipinski definition) is 7. The van der Waals surface area contributed by atoms with Crippen LogP contribution in [-0.2, 0) is 33.3 Å². The molecule has 0 aliphatic carbocycles. The number of nitrogens with zero attached hydrogens (tertiary/aromatic N) is 1. The molecule has 0 aromatic rings. The predicted molar refractivity (Wildman–Crippen MR) is 420 cm³/mol. The van der Waals surface area contributed by atoms with Crippen LogP contribution in [-0.4, -0.2) is 87.4 Å². The van der Waals surface area contributed by atoms with Crippen LogP contribution < -0.4 is 0 Å². The van der Waals surface area contributed by atoms with Crippen molar-refractivity contribution in [2.75, 3.05) is 47.5 Å². The summed E-state index contributed by atoms with van der Waals surface area (Å²) in [6, 6.07) is 0. The van der Waals surface area contributed by atoms with Crippen LogP contribution in [0.3, 0.4) is 0 Å². The van der Waals surface area contributed by atoms with Gasteiger partial charge in [0.25, 0.3) is 6.29 Å². The van der Waals surface area contributed by atoms with E-state index in [4.69, 9.17) is 18.9 Å². The van der Waals surface area contributed by atoms with Crippen LogP contribution in [0, 0.1) is 0 Å². The molecule has 0 bridgehead atoms. The van der Waals surface area contributed by atoms with E-state index in [1.165, 1.54) is 302 Å². The lowest BCUT2D eigenvalue weighted by atomic mass is 10.0. The number of rotatable bonds is 79. The molecule has 0 aliphatic rings. The molecule has 0 heterocycles. The molecule has 9 heteroatoms. The summed E-state index contributed by atoms with van der Waals surface area (Å²) in [7, 11) is 5.99. The van der Waals surface area contributed by atoms with Crippen molar-refractivity contribution in [2.24, 2.45) is 0 Å². The van der Waals surface area contributed by atoms with Crippen molar-refractivity contribution in [3.05, 3.63) is 72.9 Å². The highest BCUT2D eigenvalue weighted by molar-refractivity contribution is 5.71. The SMILES string of the molecule is CC/C=C\C/C=C\C/C=C\C/C=C\C/C=C\C/C=C\CCCCCCCCCCCCCCC(=O)OC(COC(=O)CCCCCCCCCCCCCCCCCCCCCCCCCCCCCCCCCCCCCCCCCCC)COC(OCC[N+](C)(C)C)C(=O)O. The van der Waals surface area contributed by atoms with E-state index in [0.29, 0.717) is 17.4 Å². The highest BCUT2D eigenvalue weighted by Gasteiger charge is 2.25. The third-order valence-electron chi connectivity index (χ3n) is 19.0. The zero-order valence-corrected chi connectivity index (χ0v) is 65.0. The predicted octanol–water partition coefficient (Wildman–Crippen LogP) is 27.2. The Bertz CT molecular complexity index is 1830. The number of carboxylic acid groups (broad SMARTS) is 1. The minimum absolute atomic E-state index is 0.181. The standard InChI is InChI=1S/C88H161NO8/c1-6-8-10-12-14-16-18-20-22-24-26-28-30-32-34-36-38-39-40-41-42-43-44-45-46-47-49-50-52-54-56-58-60-62-64-66-68-70-72-74-76-78-85(90)95-82-84(83-96-88(87(92)93)94-81-80-89(3,4)5)97-86(91)79-77-75-73-71-69-67-65-63-61-59-57-55-53-51-48-37-35-33-31-29-27-25-23-21-19-17-15-13-11-9-7-2/h9,11,15,17,21,23,27,29,33,35,48,51,84,88H,6-8,10,12-14,16,18-20,22,24-26,28,30-32,34,36-47,49-50,52-83H2,1-5H3/p+1/b11-9-,17-15-,23-21-,29-27-,35-33-,51-48-. The third kappa shape index (κ3) is 79.9. The molecule has 97 heavy (non-hydrogen) atoms. The fraction of sp³-hybridized carbons (Fsp3) is 0.830. The first-order chi connectivity index (χ1) is 47.6. The molecule has 0 saturated heterocycles. The Kier molecular flexibility index (Phi) is 75.8. The minimum atomic E-state index is -1.51. The molecular weight excluding hydrogens is 1200 g/mol. The van der Waals surface area contributed by atoms with Crippen molar-refractivity contribution >= 4 is 17.9 Å². The number of hydrogen-bond donors (Lipinski definition) is 1. The van der Waals surface area contributed by atoms with E-state index in [0.717, 1.165) is 83.5 Å². The topological polar surface area (TPSA) is 108 Å². The lowest BCUT2D eigenvalue weighted by Crippen LogP contribution is -2.40. The second-order valence-electron chi connectivity index (χ2n) is 29.8. The summed E-state index contributed by atoms with van der Waals surface area (Å²) in [5.41, 5.74) is 0. The first-order valence-corrected chi connectivity index (χ1v) is 42.1. The number of carboxylic acids is 1. The van der Waals surface area contributed by atoms with Gasteiger partial charge < -0.3 is 28.5 Å². The zero-order chi connectivity index (χ0) is 70.4. The van der Waals surface area contributed by atoms with Crippen LogP contribution in [0.4, 0.5) is 0 Å². The van der Waals surface area contributed by atoms with Gasteiger partial charge in [-0.2, -0.15) is 0 Å². The van der Waals surface area contributed by atoms with Gasteiger partial charge in [-0.3, -0.25) is 9.59 Å². The van der Waals surface area contributed by atoms with E-state index in [2.05, 4.69) is 86.8 Å². The summed E-state index contributed by atoms with van der Waals surface area (Å²) in [5, 5.41) is 9.78. The molecule has 1 N–H and O–H groups in total. The number of likely N-dealkylation sites (N-methyl/N-ethyl adjacent to an activating group) is 1. The number of ether oxygens (including phenoxy) is 4. The van der Waals surface area contributed by atoms with Crippen LogP contribution in [0.1, 0.15) is 412 Å². The van der Waals surface area contributed by atoms with E-state index in [1.807, 2.05) is 21.1 Å². The van der Waals surface area contributed by atoms with E-state index < -0.39 is 24.3 Å². The maximum atomic E-state index is 13.0. The molecule has 0 saturated carbocycles. The van der Waals surface area contributed by atoms with Crippen LogP contribution in [0.15, 0.2) is 72.9 Å². The van der Waals surface area contributed by atoms with Gasteiger partial charge in [0.2, 0.25) is 0 Å². The fourth-order valence-corrected chi connectivity index (χ4v) is 12.6. The molecule has 0 spiro atoms. The molecular formula is C88H162NO8+. The van der Waals surface area contributed by atoms with Crippen LogP contribution >= 0.6 is 0 Å². The summed E-state index contributed by atoms with van der Waals surface area (Å²) < 4.78 is 23.1. The molecule has 2 unspecified atom stereocenters. The zero-order valence-electron chi connectivity index (χ0n) is 65.0. The largest absolute Gasteiger partial charge is 0.477 e. The quantitative estimate of drug-likeness (QED) is 0.0211. The number of quaternary nitrogens is 1. The lowest BCUT2D eigenvalue weighted by Gasteiger charge is -2.25. The summed E-state index contributed by atoms with van der Waals surface area (Å²) in [5.74, 6) is -1.99. The Balaban J connectivity index is 3.94. The molecule has 0 aromatic heterocycles. The molecule has 0 fully saturated rings. The lowest BCUT2D eigenvalue weighted by molar-refractivity contribution is -0.870. The average Bonchev–Trinajstić information content (AvgIpc) is 2.39. The van der Waals surface area contributed by atoms with Gasteiger partial charge in [-0.15, -0.1) is 0 Å². The van der Waals surface area contributed by atoms with Crippen molar-refractivity contribution in [3.63, 3.8) is 0 Å². The fourth-order valence-electron chi connectivity index (χ4n) is 12.6. The van der Waals surface area contributed by atoms with E-state index in [-0.39, 0.29) is 32.2 Å². The Labute approximate surface area is 602 Å². The summed E-state index contributed by atoms with van der Waals surface area (Å²) in [6.07, 6.45) is 104. The van der Waals surface area contributed by atoms with Crippen LogP contribution in [0.5, 0.6) is 0 Å². The highest BCUT2D eigenvalue weighted by Crippen LogP contribution is 2.20. The number of allylic oxidation sites excluding steroid dienone is 12. The minimum Gasteiger partial charge on any atom is -0.477 e. The van der Waals surface area contributed by atoms with Crippen LogP contribution in [0.25, 0.3) is 0 Å². The Morgan fingerprint density at radius 1 is 0.320 bits per heavy atom. The summed E-state index contributed by atoms with van der Waals surface area (Å²) in [6.45, 7) is 4.82. The van der Waals surface area contributed by atoms with Gasteiger partial charge in [-0.25, -0.2) is 4.79 Å². The normalized spacial score (nSPS) is 13.0. The number of esters is 2. The first-order valence-electron chi connectivity index (χ1n) is 42.1. The van der Waals surface area contributed by atoms with Crippen molar-refractivity contribution < 1.29 is 42.9 Å². The van der Waals surface area contributed by atoms with Gasteiger partial charge in [-0.05, 0) is 64.2 Å². The van der Waals surface area contributed by atoms with Crippen molar-refractivity contribution in [1.29, 1.82) is 0 Å². The molecule has 0 aromatic carbocycles. The summed E-state index contributed by atoms with van der Waals surface area (Å²) >= 11 is 0. The first kappa shape index (κ1) is 93.7. The van der Waals surface area contributed by atoms with Gasteiger partial charge >= 0.3 is 17.9 Å². The third-order valence-corrected chi connectivity index (χ3v) is 19.0. The smallest absolute Gasteiger partial charge is 0.361 e. The van der Waals surface area contributed by atoms with E-state index >= 15 is 0 Å². The van der Waals surface area contributed by atoms with Gasteiger partial charge in [0.05, 0.1) is 34.4 Å². The van der Waals surface area contributed by atoms with Gasteiger partial charge in [-0.1, -0.05) is 408 Å². The molecule has 0 aliphatic heterocycles. The van der Waals surface area contributed by atoms with Crippen molar-refractivity contribution in [1.82, 2.24) is 0 Å². The number of aliphatic carboxylic acids is 1. The summed E-state index contributed by atoms with van der Waals surface area (Å²) in [4.78, 5) is 37.8. The number of carbonyl (C=O) groups excluding carboxylic acids is 2. The van der Waals surface area contributed by atoms with Gasteiger partial charge in [0.15, 0.2) is 6.10 Å². The second kappa shape index (κ2) is 78.4. The molecule has 9 nitrogen and oxygen atoms in total. The Morgan fingerprint density at radius 2 is 0.588 bits per heavy atom. The number of carbonyl (C=O) groups is 3. The Morgan fingerprint density at radius 3 is 0.876 bits per heavy atom. The van der Waals surface area contributed by atoms with Crippen molar-refractivity contribution in [3.8, 4) is 0 Å². The maximum absolute atomic E-state index is 13.0. The Hall–Kier alpha value is -3.27. The number of unbranched alkanes of at least 4 members (excludes halogenated alkanes) is 52. The van der Waals surface area contributed by atoms with Crippen molar-refractivity contribution in [2.45, 2.75) is 424 Å². The molecule has 0 radical (unpaired) electrons. The van der Waals surface area contributed by atoms with Crippen LogP contribution in [0.2, 0.25) is 0 Å². The maximum Gasteiger partial charge on any atom is 0.361 e. The second-order valence-corrected chi connectivity index (χ2v) is 29.8. The average molecular weight is 1360 g/mol. The molecule has 566 valence electrons. The highest BCUT2D eigenvalue weighted by atomic mass is 16.7. The van der Waals surface area contributed by atoms with E-state index in [1.54, 1.807) is 0 Å². The molecule has 2 atom stereocenters. The van der Waals surface area contributed by atoms with E-state index in [9.17, 15) is 19.5 Å². The molecule has 0 amide bonds. The monoisotopic (exact) mass is 1360 g/mol. The van der Waals surface area contributed by atoms with Gasteiger partial charge in [0, 0.05) is 12.8 Å².